The lowest BCUT2D eigenvalue weighted by Gasteiger charge is -2.22. The Morgan fingerprint density at radius 2 is 1.62 bits per heavy atom. The molecule has 3 rings (SSSR count). The Balaban J connectivity index is 1.72. The number of nitrogens with zero attached hydrogens (tertiary/aromatic N) is 1. The molecular formula is C25H27N3O5S. The van der Waals surface area contributed by atoms with Gasteiger partial charge in [-0.2, -0.15) is 0 Å². The number of benzene rings is 3. The van der Waals surface area contributed by atoms with E-state index >= 15 is 0 Å². The van der Waals surface area contributed by atoms with Crippen molar-refractivity contribution in [3.63, 3.8) is 0 Å². The highest BCUT2D eigenvalue weighted by molar-refractivity contribution is 7.92. The molecule has 0 bridgehead atoms. The lowest BCUT2D eigenvalue weighted by molar-refractivity contribution is -0.120. The van der Waals surface area contributed by atoms with Crippen molar-refractivity contribution in [2.24, 2.45) is 0 Å². The maximum atomic E-state index is 13.2. The zero-order chi connectivity index (χ0) is 24.7. The van der Waals surface area contributed by atoms with Crippen LogP contribution in [0.15, 0.2) is 77.7 Å². The number of carbonyl (C=O) groups excluding carboxylic acids is 2. The summed E-state index contributed by atoms with van der Waals surface area (Å²) in [5.74, 6) is -0.487. The van der Waals surface area contributed by atoms with Gasteiger partial charge in [0.1, 0.15) is 5.75 Å². The monoisotopic (exact) mass is 481 g/mol. The van der Waals surface area contributed by atoms with Crippen LogP contribution in [0.4, 0.5) is 5.69 Å². The van der Waals surface area contributed by atoms with E-state index < -0.39 is 15.9 Å². The van der Waals surface area contributed by atoms with Crippen molar-refractivity contribution in [1.82, 2.24) is 10.6 Å². The molecule has 0 aliphatic rings. The van der Waals surface area contributed by atoms with E-state index in [1.54, 1.807) is 37.3 Å². The van der Waals surface area contributed by atoms with Crippen molar-refractivity contribution >= 4 is 27.5 Å². The van der Waals surface area contributed by atoms with Crippen molar-refractivity contribution in [3.05, 3.63) is 89.5 Å². The largest absolute Gasteiger partial charge is 0.495 e. The summed E-state index contributed by atoms with van der Waals surface area (Å²) < 4.78 is 32.9. The number of methoxy groups -OCH3 is 1. The van der Waals surface area contributed by atoms with Gasteiger partial charge in [0.15, 0.2) is 0 Å². The number of ether oxygens (including phenoxy) is 1. The Labute approximate surface area is 199 Å². The molecule has 0 spiro atoms. The Hall–Kier alpha value is -3.85. The second-order valence-corrected chi connectivity index (χ2v) is 9.54. The summed E-state index contributed by atoms with van der Waals surface area (Å²) in [6, 6.07) is 20.5. The summed E-state index contributed by atoms with van der Waals surface area (Å²) in [6.07, 6.45) is 0. The Morgan fingerprint density at radius 1 is 0.941 bits per heavy atom. The Kier molecular flexibility index (Phi) is 7.91. The van der Waals surface area contributed by atoms with Gasteiger partial charge in [-0.05, 0) is 42.3 Å². The van der Waals surface area contributed by atoms with Gasteiger partial charge in [0.2, 0.25) is 5.91 Å². The highest BCUT2D eigenvalue weighted by atomic mass is 32.2. The van der Waals surface area contributed by atoms with Crippen molar-refractivity contribution in [2.45, 2.75) is 18.4 Å². The maximum Gasteiger partial charge on any atom is 0.264 e. The lowest BCUT2D eigenvalue weighted by Crippen LogP contribution is -2.37. The molecule has 2 N–H and O–H groups in total. The van der Waals surface area contributed by atoms with E-state index in [0.717, 1.165) is 9.87 Å². The molecule has 0 fully saturated rings. The number of nitrogens with one attached hydrogen (secondary N) is 2. The van der Waals surface area contributed by atoms with E-state index in [9.17, 15) is 18.0 Å². The molecule has 0 radical (unpaired) electrons. The first kappa shape index (κ1) is 24.8. The van der Waals surface area contributed by atoms with Crippen molar-refractivity contribution in [2.75, 3.05) is 25.0 Å². The summed E-state index contributed by atoms with van der Waals surface area (Å²) >= 11 is 0. The lowest BCUT2D eigenvalue weighted by atomic mass is 10.1. The molecule has 9 heteroatoms. The van der Waals surface area contributed by atoms with Gasteiger partial charge >= 0.3 is 0 Å². The normalized spacial score (nSPS) is 10.9. The summed E-state index contributed by atoms with van der Waals surface area (Å²) in [7, 11) is -1.09. The van der Waals surface area contributed by atoms with Crippen molar-refractivity contribution in [3.8, 4) is 5.75 Å². The van der Waals surface area contributed by atoms with Crippen molar-refractivity contribution in [1.29, 1.82) is 0 Å². The summed E-state index contributed by atoms with van der Waals surface area (Å²) in [4.78, 5) is 24.8. The van der Waals surface area contributed by atoms with Crippen LogP contribution in [0, 0.1) is 6.92 Å². The number of carbonyl (C=O) groups is 2. The molecule has 0 unspecified atom stereocenters. The molecule has 0 aromatic heterocycles. The highest BCUT2D eigenvalue weighted by Gasteiger charge is 2.25. The average Bonchev–Trinajstić information content (AvgIpc) is 2.86. The molecule has 178 valence electrons. The molecule has 2 amide bonds. The molecule has 0 saturated heterocycles. The van der Waals surface area contributed by atoms with E-state index in [1.807, 2.05) is 30.3 Å². The van der Waals surface area contributed by atoms with Crippen LogP contribution in [0.1, 0.15) is 21.5 Å². The molecule has 0 aliphatic carbocycles. The second kappa shape index (κ2) is 10.8. The molecule has 0 atom stereocenters. The van der Waals surface area contributed by atoms with E-state index in [2.05, 4.69) is 10.6 Å². The minimum Gasteiger partial charge on any atom is -0.495 e. The van der Waals surface area contributed by atoms with Crippen LogP contribution >= 0.6 is 0 Å². The Morgan fingerprint density at radius 3 is 2.32 bits per heavy atom. The molecule has 3 aromatic carbocycles. The fourth-order valence-corrected chi connectivity index (χ4v) is 4.53. The van der Waals surface area contributed by atoms with E-state index in [0.29, 0.717) is 23.5 Å². The van der Waals surface area contributed by atoms with Gasteiger partial charge in [-0.3, -0.25) is 13.9 Å². The number of rotatable bonds is 9. The molecule has 34 heavy (non-hydrogen) atoms. The van der Waals surface area contributed by atoms with Crippen LogP contribution in [-0.4, -0.2) is 40.9 Å². The molecule has 0 saturated carbocycles. The maximum absolute atomic E-state index is 13.2. The van der Waals surface area contributed by atoms with E-state index in [4.69, 9.17) is 4.74 Å². The quantitative estimate of drug-likeness (QED) is 0.489. The van der Waals surface area contributed by atoms with E-state index in [1.165, 1.54) is 26.3 Å². The number of aryl methyl sites for hydroxylation is 1. The summed E-state index contributed by atoms with van der Waals surface area (Å²) in [5, 5.41) is 5.29. The van der Waals surface area contributed by atoms with Crippen molar-refractivity contribution < 1.29 is 22.7 Å². The predicted octanol–water partition coefficient (Wildman–Crippen LogP) is 2.87. The third-order valence-electron chi connectivity index (χ3n) is 5.28. The van der Waals surface area contributed by atoms with Gasteiger partial charge < -0.3 is 15.4 Å². The molecular weight excluding hydrogens is 454 g/mol. The number of sulfonamides is 1. The average molecular weight is 482 g/mol. The van der Waals surface area contributed by atoms with Crippen LogP contribution in [0.5, 0.6) is 5.75 Å². The van der Waals surface area contributed by atoms with Gasteiger partial charge in [-0.25, -0.2) is 8.42 Å². The van der Waals surface area contributed by atoms with Gasteiger partial charge in [-0.15, -0.1) is 0 Å². The van der Waals surface area contributed by atoms with Gasteiger partial charge in [0.25, 0.3) is 15.9 Å². The third-order valence-corrected chi connectivity index (χ3v) is 7.05. The number of hydrogen-bond acceptors (Lipinski definition) is 5. The first-order valence-electron chi connectivity index (χ1n) is 10.6. The van der Waals surface area contributed by atoms with Gasteiger partial charge in [0.05, 0.1) is 24.2 Å². The predicted molar refractivity (Wildman–Crippen MR) is 130 cm³/mol. The third kappa shape index (κ3) is 5.74. The topological polar surface area (TPSA) is 105 Å². The van der Waals surface area contributed by atoms with Crippen LogP contribution in [0.2, 0.25) is 0 Å². The highest BCUT2D eigenvalue weighted by Crippen LogP contribution is 2.31. The molecule has 0 heterocycles. The molecule has 8 nitrogen and oxygen atoms in total. The number of anilines is 1. The Bertz CT molecular complexity index is 1280. The first-order chi connectivity index (χ1) is 16.2. The zero-order valence-electron chi connectivity index (χ0n) is 19.2. The second-order valence-electron chi connectivity index (χ2n) is 7.57. The summed E-state index contributed by atoms with van der Waals surface area (Å²) in [5.41, 5.74) is 2.06. The molecule has 0 aliphatic heterocycles. The smallest absolute Gasteiger partial charge is 0.264 e. The number of amides is 2. The SMILES string of the molecule is COc1ccccc1N(C)S(=O)(=O)c1ccc(C)c(C(=O)NCC(=O)NCc2ccccc2)c1. The van der Waals surface area contributed by atoms with Crippen LogP contribution in [-0.2, 0) is 21.4 Å². The van der Waals surface area contributed by atoms with Crippen LogP contribution in [0.3, 0.4) is 0 Å². The van der Waals surface area contributed by atoms with E-state index in [-0.39, 0.29) is 22.9 Å². The van der Waals surface area contributed by atoms with Crippen LogP contribution in [0.25, 0.3) is 0 Å². The van der Waals surface area contributed by atoms with Gasteiger partial charge in [0, 0.05) is 19.2 Å². The minimum absolute atomic E-state index is 0.0508. The minimum atomic E-state index is -3.97. The summed E-state index contributed by atoms with van der Waals surface area (Å²) in [6.45, 7) is 1.81. The first-order valence-corrected chi connectivity index (χ1v) is 12.0. The fourth-order valence-electron chi connectivity index (χ4n) is 3.30. The standard InChI is InChI=1S/C25H27N3O5S/c1-18-13-14-20(34(31,32)28(2)22-11-7-8-12-23(22)33-3)15-21(18)25(30)27-17-24(29)26-16-19-9-5-4-6-10-19/h4-15H,16-17H2,1-3H3,(H,26,29)(H,27,30). The molecule has 3 aromatic rings. The number of hydrogen-bond donors (Lipinski definition) is 2. The number of para-hydroxylation sites is 2. The fraction of sp³-hybridized carbons (Fsp3) is 0.200. The zero-order valence-corrected chi connectivity index (χ0v) is 20.1. The van der Waals surface area contributed by atoms with Gasteiger partial charge in [-0.1, -0.05) is 48.5 Å². The van der Waals surface area contributed by atoms with Crippen LogP contribution < -0.4 is 19.7 Å².